The number of para-hydroxylation sites is 2. The zero-order valence-corrected chi connectivity index (χ0v) is 13.2. The van der Waals surface area contributed by atoms with E-state index in [-0.39, 0.29) is 12.0 Å². The molecular formula is C18H19N3O2. The van der Waals surface area contributed by atoms with Gasteiger partial charge < -0.3 is 15.4 Å². The Hall–Kier alpha value is -2.82. The molecule has 1 aliphatic heterocycles. The van der Waals surface area contributed by atoms with Gasteiger partial charge in [0.25, 0.3) is 0 Å². The molecule has 0 bridgehead atoms. The summed E-state index contributed by atoms with van der Waals surface area (Å²) in [5.74, 6) is -0.339. The molecule has 1 aliphatic rings. The molecule has 0 amide bonds. The third-order valence-corrected chi connectivity index (χ3v) is 3.72. The third kappa shape index (κ3) is 3.04. The molecule has 23 heavy (non-hydrogen) atoms. The Labute approximate surface area is 135 Å². The minimum Gasteiger partial charge on any atom is -0.463 e. The summed E-state index contributed by atoms with van der Waals surface area (Å²) in [6.45, 7) is 4.01. The first-order valence-corrected chi connectivity index (χ1v) is 7.62. The first kappa shape index (κ1) is 15.1. The quantitative estimate of drug-likeness (QED) is 0.850. The Morgan fingerprint density at radius 1 is 1.17 bits per heavy atom. The lowest BCUT2D eigenvalue weighted by atomic mass is 10.0. The Morgan fingerprint density at radius 3 is 2.61 bits per heavy atom. The second kappa shape index (κ2) is 6.52. The van der Waals surface area contributed by atoms with Crippen molar-refractivity contribution in [3.63, 3.8) is 0 Å². The highest BCUT2D eigenvalue weighted by molar-refractivity contribution is 5.94. The van der Waals surface area contributed by atoms with Crippen molar-refractivity contribution >= 4 is 17.3 Å². The number of hydrogen-bond donors (Lipinski definition) is 2. The fraction of sp³-hybridized carbons (Fsp3) is 0.222. The molecule has 0 saturated heterocycles. The van der Waals surface area contributed by atoms with E-state index in [1.807, 2.05) is 49.4 Å². The Balaban J connectivity index is 2.11. The van der Waals surface area contributed by atoms with Gasteiger partial charge in [-0.2, -0.15) is 0 Å². The van der Waals surface area contributed by atoms with Crippen LogP contribution in [0, 0.1) is 0 Å². The van der Waals surface area contributed by atoms with Gasteiger partial charge in [-0.25, -0.2) is 4.79 Å². The lowest BCUT2D eigenvalue weighted by Gasteiger charge is -2.20. The van der Waals surface area contributed by atoms with Crippen molar-refractivity contribution in [2.45, 2.75) is 19.9 Å². The van der Waals surface area contributed by atoms with Crippen LogP contribution in [0.4, 0.5) is 11.4 Å². The SMILES string of the molecule is CCOC(=O)C1=C(C)Nc2ccccc2NC1c1ccccn1. The van der Waals surface area contributed by atoms with E-state index in [4.69, 9.17) is 4.74 Å². The number of carbonyl (C=O) groups is 1. The molecule has 2 N–H and O–H groups in total. The Morgan fingerprint density at radius 2 is 1.91 bits per heavy atom. The topological polar surface area (TPSA) is 63.2 Å². The maximum atomic E-state index is 12.5. The fourth-order valence-corrected chi connectivity index (χ4v) is 2.68. The van der Waals surface area contributed by atoms with E-state index in [0.717, 1.165) is 22.8 Å². The number of carbonyl (C=O) groups excluding carboxylic acids is 1. The highest BCUT2D eigenvalue weighted by atomic mass is 16.5. The number of benzene rings is 1. The van der Waals surface area contributed by atoms with E-state index in [1.165, 1.54) is 0 Å². The maximum absolute atomic E-state index is 12.5. The summed E-state index contributed by atoms with van der Waals surface area (Å²) in [5.41, 5.74) is 3.92. The summed E-state index contributed by atoms with van der Waals surface area (Å²) < 4.78 is 5.25. The number of aromatic nitrogens is 1. The van der Waals surface area contributed by atoms with Crippen molar-refractivity contribution in [2.24, 2.45) is 0 Å². The van der Waals surface area contributed by atoms with Crippen LogP contribution in [0.15, 0.2) is 59.9 Å². The van der Waals surface area contributed by atoms with Crippen LogP contribution in [-0.2, 0) is 9.53 Å². The summed E-state index contributed by atoms with van der Waals surface area (Å²) in [6.07, 6.45) is 1.72. The lowest BCUT2D eigenvalue weighted by Crippen LogP contribution is -2.22. The number of rotatable bonds is 3. The van der Waals surface area contributed by atoms with Gasteiger partial charge in [0.15, 0.2) is 0 Å². The van der Waals surface area contributed by atoms with Gasteiger partial charge in [0, 0.05) is 11.9 Å². The predicted octanol–water partition coefficient (Wildman–Crippen LogP) is 3.50. The summed E-state index contributed by atoms with van der Waals surface area (Å²) in [6, 6.07) is 13.1. The number of hydrogen-bond acceptors (Lipinski definition) is 5. The van der Waals surface area contributed by atoms with Gasteiger partial charge in [-0.1, -0.05) is 18.2 Å². The number of ether oxygens (including phenoxy) is 1. The van der Waals surface area contributed by atoms with E-state index in [0.29, 0.717) is 12.2 Å². The van der Waals surface area contributed by atoms with Crippen LogP contribution in [-0.4, -0.2) is 17.6 Å². The normalized spacial score (nSPS) is 16.7. The maximum Gasteiger partial charge on any atom is 0.338 e. The van der Waals surface area contributed by atoms with Gasteiger partial charge in [-0.15, -0.1) is 0 Å². The summed E-state index contributed by atoms with van der Waals surface area (Å²) >= 11 is 0. The van der Waals surface area contributed by atoms with Crippen LogP contribution in [0.1, 0.15) is 25.6 Å². The average Bonchev–Trinajstić information content (AvgIpc) is 2.71. The third-order valence-electron chi connectivity index (χ3n) is 3.72. The average molecular weight is 309 g/mol. The minimum atomic E-state index is -0.369. The van der Waals surface area contributed by atoms with Crippen LogP contribution >= 0.6 is 0 Å². The first-order chi connectivity index (χ1) is 11.2. The number of allylic oxidation sites excluding steroid dienone is 1. The Bertz CT molecular complexity index is 741. The van der Waals surface area contributed by atoms with Crippen LogP contribution < -0.4 is 10.6 Å². The number of nitrogens with zero attached hydrogens (tertiary/aromatic N) is 1. The molecule has 1 unspecified atom stereocenters. The molecule has 1 aromatic carbocycles. The molecule has 2 aromatic rings. The standard InChI is InChI=1S/C18H19N3O2/c1-3-23-18(22)16-12(2)20-13-8-4-5-9-14(13)21-17(16)15-10-6-7-11-19-15/h4-11,17,20-21H,3H2,1-2H3. The second-order valence-corrected chi connectivity index (χ2v) is 5.26. The van der Waals surface area contributed by atoms with Gasteiger partial charge in [0.2, 0.25) is 0 Å². The van der Waals surface area contributed by atoms with Crippen LogP contribution in [0.3, 0.4) is 0 Å². The van der Waals surface area contributed by atoms with Crippen LogP contribution in [0.5, 0.6) is 0 Å². The van der Waals surface area contributed by atoms with Gasteiger partial charge >= 0.3 is 5.97 Å². The van der Waals surface area contributed by atoms with Crippen molar-refractivity contribution < 1.29 is 9.53 Å². The van der Waals surface area contributed by atoms with Gasteiger partial charge in [-0.05, 0) is 38.1 Å². The molecule has 0 fully saturated rings. The zero-order valence-electron chi connectivity index (χ0n) is 13.2. The molecule has 0 spiro atoms. The number of pyridine rings is 1. The number of fused-ring (bicyclic) bond motifs is 1. The molecule has 1 aromatic heterocycles. The minimum absolute atomic E-state index is 0.331. The van der Waals surface area contributed by atoms with Crippen molar-refractivity contribution in [1.82, 2.24) is 4.98 Å². The van der Waals surface area contributed by atoms with Crippen LogP contribution in [0.25, 0.3) is 0 Å². The van der Waals surface area contributed by atoms with Gasteiger partial charge in [0.1, 0.15) is 6.04 Å². The van der Waals surface area contributed by atoms with E-state index in [2.05, 4.69) is 15.6 Å². The fourth-order valence-electron chi connectivity index (χ4n) is 2.68. The summed E-state index contributed by atoms with van der Waals surface area (Å²) in [5, 5.41) is 6.71. The summed E-state index contributed by atoms with van der Waals surface area (Å²) in [4.78, 5) is 16.9. The number of anilines is 2. The van der Waals surface area contributed by atoms with E-state index in [1.54, 1.807) is 13.1 Å². The van der Waals surface area contributed by atoms with Crippen molar-refractivity contribution in [3.8, 4) is 0 Å². The molecule has 118 valence electrons. The van der Waals surface area contributed by atoms with Crippen molar-refractivity contribution in [2.75, 3.05) is 17.2 Å². The largest absolute Gasteiger partial charge is 0.463 e. The van der Waals surface area contributed by atoms with Crippen LogP contribution in [0.2, 0.25) is 0 Å². The molecular weight excluding hydrogens is 290 g/mol. The zero-order chi connectivity index (χ0) is 16.2. The van der Waals surface area contributed by atoms with E-state index >= 15 is 0 Å². The van der Waals surface area contributed by atoms with Crippen molar-refractivity contribution in [1.29, 1.82) is 0 Å². The molecule has 3 rings (SSSR count). The molecule has 0 aliphatic carbocycles. The summed E-state index contributed by atoms with van der Waals surface area (Å²) in [7, 11) is 0. The van der Waals surface area contributed by atoms with E-state index < -0.39 is 0 Å². The Kier molecular flexibility index (Phi) is 4.28. The van der Waals surface area contributed by atoms with Gasteiger partial charge in [0.05, 0.1) is 29.2 Å². The van der Waals surface area contributed by atoms with E-state index in [9.17, 15) is 4.79 Å². The highest BCUT2D eigenvalue weighted by Crippen LogP contribution is 2.35. The number of nitrogens with one attached hydrogen (secondary N) is 2. The second-order valence-electron chi connectivity index (χ2n) is 5.26. The van der Waals surface area contributed by atoms with Gasteiger partial charge in [-0.3, -0.25) is 4.98 Å². The first-order valence-electron chi connectivity index (χ1n) is 7.62. The predicted molar refractivity (Wildman–Crippen MR) is 90.0 cm³/mol. The monoisotopic (exact) mass is 309 g/mol. The number of esters is 1. The molecule has 0 radical (unpaired) electrons. The molecule has 1 atom stereocenters. The molecule has 5 heteroatoms. The lowest BCUT2D eigenvalue weighted by molar-refractivity contribution is -0.138. The molecule has 5 nitrogen and oxygen atoms in total. The molecule has 2 heterocycles. The smallest absolute Gasteiger partial charge is 0.338 e. The molecule has 0 saturated carbocycles. The van der Waals surface area contributed by atoms with Crippen molar-refractivity contribution in [3.05, 3.63) is 65.6 Å². The highest BCUT2D eigenvalue weighted by Gasteiger charge is 2.30.